The first-order chi connectivity index (χ1) is 8.97. The molecule has 1 aliphatic heterocycles. The van der Waals surface area contributed by atoms with Gasteiger partial charge in [0.05, 0.1) is 12.1 Å². The Kier molecular flexibility index (Phi) is 4.42. The van der Waals surface area contributed by atoms with Gasteiger partial charge in [0.15, 0.2) is 5.13 Å². The quantitative estimate of drug-likeness (QED) is 0.911. The lowest BCUT2D eigenvalue weighted by Crippen LogP contribution is -2.55. The Balaban J connectivity index is 2.00. The molecule has 1 aliphatic rings. The lowest BCUT2D eigenvalue weighted by atomic mass is 10.1. The van der Waals surface area contributed by atoms with Crippen LogP contribution in [0.2, 0.25) is 0 Å². The van der Waals surface area contributed by atoms with Crippen molar-refractivity contribution < 1.29 is 9.90 Å². The number of nitrogens with zero attached hydrogens (tertiary/aromatic N) is 3. The zero-order valence-electron chi connectivity index (χ0n) is 11.7. The summed E-state index contributed by atoms with van der Waals surface area (Å²) in [5.74, 6) is -0.767. The molecule has 2 atom stereocenters. The van der Waals surface area contributed by atoms with Gasteiger partial charge in [-0.1, -0.05) is 0 Å². The highest BCUT2D eigenvalue weighted by Crippen LogP contribution is 2.25. The van der Waals surface area contributed by atoms with Crippen LogP contribution in [0.1, 0.15) is 26.0 Å². The largest absolute Gasteiger partial charge is 0.481 e. The van der Waals surface area contributed by atoms with E-state index in [9.17, 15) is 4.79 Å². The van der Waals surface area contributed by atoms with Crippen molar-refractivity contribution >= 4 is 22.4 Å². The van der Waals surface area contributed by atoms with Gasteiger partial charge in [0.25, 0.3) is 0 Å². The zero-order chi connectivity index (χ0) is 14.0. The fourth-order valence-electron chi connectivity index (χ4n) is 2.35. The molecule has 6 heteroatoms. The molecule has 2 heterocycles. The van der Waals surface area contributed by atoms with Crippen LogP contribution < -0.4 is 4.90 Å². The van der Waals surface area contributed by atoms with Crippen LogP contribution in [0.5, 0.6) is 0 Å². The van der Waals surface area contributed by atoms with Gasteiger partial charge in [0.1, 0.15) is 0 Å². The average molecular weight is 283 g/mol. The Labute approximate surface area is 117 Å². The van der Waals surface area contributed by atoms with Crippen molar-refractivity contribution in [2.45, 2.75) is 38.8 Å². The summed E-state index contributed by atoms with van der Waals surface area (Å²) < 4.78 is 0. The average Bonchev–Trinajstić information content (AvgIpc) is 2.81. The van der Waals surface area contributed by atoms with Crippen molar-refractivity contribution in [3.8, 4) is 0 Å². The maximum absolute atomic E-state index is 10.6. The van der Waals surface area contributed by atoms with Gasteiger partial charge in [0, 0.05) is 37.0 Å². The van der Waals surface area contributed by atoms with E-state index in [2.05, 4.69) is 35.7 Å². The van der Waals surface area contributed by atoms with Gasteiger partial charge in [-0.2, -0.15) is 0 Å². The zero-order valence-corrected chi connectivity index (χ0v) is 12.5. The van der Waals surface area contributed by atoms with E-state index in [0.717, 1.165) is 23.9 Å². The van der Waals surface area contributed by atoms with Gasteiger partial charge in [-0.25, -0.2) is 4.98 Å². The summed E-state index contributed by atoms with van der Waals surface area (Å²) in [6, 6.07) is 1.02. The van der Waals surface area contributed by atoms with Crippen molar-refractivity contribution in [3.63, 3.8) is 0 Å². The first kappa shape index (κ1) is 14.3. The molecular formula is C13H21N3O2S. The maximum atomic E-state index is 10.6. The highest BCUT2D eigenvalue weighted by molar-refractivity contribution is 7.13. The molecule has 2 rings (SSSR count). The molecule has 0 saturated carbocycles. The lowest BCUT2D eigenvalue weighted by Gasteiger charge is -2.42. The summed E-state index contributed by atoms with van der Waals surface area (Å²) in [5.41, 5.74) is 0.890. The van der Waals surface area contributed by atoms with Crippen LogP contribution >= 0.6 is 11.3 Å². The van der Waals surface area contributed by atoms with Crippen LogP contribution in [0.25, 0.3) is 0 Å². The number of thiazole rings is 1. The number of piperazine rings is 1. The van der Waals surface area contributed by atoms with E-state index in [1.807, 2.05) is 5.38 Å². The van der Waals surface area contributed by atoms with Gasteiger partial charge >= 0.3 is 5.97 Å². The molecule has 0 radical (unpaired) electrons. The standard InChI is InChI=1S/C13H21N3O2S/c1-9-6-16(7-10(2)15(9)3)13-14-11(8-19-13)4-5-12(17)18/h8-10H,4-7H2,1-3H3,(H,17,18). The number of rotatable bonds is 4. The van der Waals surface area contributed by atoms with E-state index in [1.54, 1.807) is 11.3 Å². The topological polar surface area (TPSA) is 56.7 Å². The summed E-state index contributed by atoms with van der Waals surface area (Å²) in [4.78, 5) is 19.8. The summed E-state index contributed by atoms with van der Waals surface area (Å²) in [6.07, 6.45) is 0.670. The predicted molar refractivity (Wildman–Crippen MR) is 77.0 cm³/mol. The third kappa shape index (κ3) is 3.45. The molecule has 0 aromatic carbocycles. The van der Waals surface area contributed by atoms with E-state index in [-0.39, 0.29) is 6.42 Å². The number of aromatic nitrogens is 1. The monoisotopic (exact) mass is 283 g/mol. The smallest absolute Gasteiger partial charge is 0.303 e. The van der Waals surface area contributed by atoms with Crippen molar-refractivity contribution in [1.29, 1.82) is 0 Å². The minimum absolute atomic E-state index is 0.152. The minimum Gasteiger partial charge on any atom is -0.481 e. The number of aliphatic carboxylic acids is 1. The number of hydrogen-bond donors (Lipinski definition) is 1. The number of carboxylic acid groups (broad SMARTS) is 1. The van der Waals surface area contributed by atoms with Crippen LogP contribution in [0.4, 0.5) is 5.13 Å². The molecule has 0 amide bonds. The van der Waals surface area contributed by atoms with Gasteiger partial charge in [-0.15, -0.1) is 11.3 Å². The molecule has 2 unspecified atom stereocenters. The van der Waals surface area contributed by atoms with Crippen LogP contribution in [0, 0.1) is 0 Å². The molecular weight excluding hydrogens is 262 g/mol. The molecule has 1 aromatic rings. The molecule has 1 fully saturated rings. The van der Waals surface area contributed by atoms with Crippen molar-refractivity contribution in [2.75, 3.05) is 25.0 Å². The first-order valence-electron chi connectivity index (χ1n) is 6.60. The van der Waals surface area contributed by atoms with Crippen LogP contribution in [-0.2, 0) is 11.2 Å². The molecule has 1 aromatic heterocycles. The summed E-state index contributed by atoms with van der Waals surface area (Å²) in [7, 11) is 2.16. The Hall–Kier alpha value is -1.14. The Morgan fingerprint density at radius 2 is 2.11 bits per heavy atom. The van der Waals surface area contributed by atoms with E-state index < -0.39 is 5.97 Å². The van der Waals surface area contributed by atoms with Gasteiger partial charge in [0.2, 0.25) is 0 Å². The van der Waals surface area contributed by atoms with Crippen LogP contribution in [0.3, 0.4) is 0 Å². The third-order valence-corrected chi connectivity index (χ3v) is 4.72. The normalized spacial score (nSPS) is 24.7. The first-order valence-corrected chi connectivity index (χ1v) is 7.48. The minimum atomic E-state index is -0.767. The van der Waals surface area contributed by atoms with Crippen LogP contribution in [-0.4, -0.2) is 53.2 Å². The summed E-state index contributed by atoms with van der Waals surface area (Å²) >= 11 is 1.62. The van der Waals surface area contributed by atoms with Gasteiger partial charge < -0.3 is 10.0 Å². The fourth-order valence-corrected chi connectivity index (χ4v) is 3.23. The number of likely N-dealkylation sites (N-methyl/N-ethyl adjacent to an activating group) is 1. The maximum Gasteiger partial charge on any atom is 0.303 e. The van der Waals surface area contributed by atoms with Crippen LogP contribution in [0.15, 0.2) is 5.38 Å². The van der Waals surface area contributed by atoms with Gasteiger partial charge in [-0.05, 0) is 20.9 Å². The highest BCUT2D eigenvalue weighted by Gasteiger charge is 2.27. The third-order valence-electron chi connectivity index (χ3n) is 3.76. The lowest BCUT2D eigenvalue weighted by molar-refractivity contribution is -0.136. The molecule has 0 bridgehead atoms. The molecule has 106 valence electrons. The summed E-state index contributed by atoms with van der Waals surface area (Å²) in [6.45, 7) is 6.41. The Bertz CT molecular complexity index is 437. The second kappa shape index (κ2) is 5.88. The second-order valence-electron chi connectivity index (χ2n) is 5.28. The Morgan fingerprint density at radius 1 is 1.47 bits per heavy atom. The van der Waals surface area contributed by atoms with Crippen molar-refractivity contribution in [2.24, 2.45) is 0 Å². The van der Waals surface area contributed by atoms with E-state index >= 15 is 0 Å². The Morgan fingerprint density at radius 3 is 2.68 bits per heavy atom. The fraction of sp³-hybridized carbons (Fsp3) is 0.692. The predicted octanol–water partition coefficient (Wildman–Crippen LogP) is 1.69. The van der Waals surface area contributed by atoms with Crippen molar-refractivity contribution in [3.05, 3.63) is 11.1 Å². The van der Waals surface area contributed by atoms with E-state index in [1.165, 1.54) is 0 Å². The molecule has 19 heavy (non-hydrogen) atoms. The van der Waals surface area contributed by atoms with Gasteiger partial charge in [-0.3, -0.25) is 9.69 Å². The molecule has 1 saturated heterocycles. The molecule has 5 nitrogen and oxygen atoms in total. The second-order valence-corrected chi connectivity index (χ2v) is 6.12. The molecule has 0 aliphatic carbocycles. The molecule has 0 spiro atoms. The SMILES string of the molecule is CC1CN(c2nc(CCC(=O)O)cs2)CC(C)N1C. The summed E-state index contributed by atoms with van der Waals surface area (Å²) in [5, 5.41) is 11.7. The number of carbonyl (C=O) groups is 1. The number of hydrogen-bond acceptors (Lipinski definition) is 5. The number of anilines is 1. The van der Waals surface area contributed by atoms with Crippen molar-refractivity contribution in [1.82, 2.24) is 9.88 Å². The number of aryl methyl sites for hydroxylation is 1. The molecule has 1 N–H and O–H groups in total. The highest BCUT2D eigenvalue weighted by atomic mass is 32.1. The number of carboxylic acids is 1. The van der Waals surface area contributed by atoms with E-state index in [0.29, 0.717) is 18.5 Å². The van der Waals surface area contributed by atoms with E-state index in [4.69, 9.17) is 5.11 Å².